The Bertz CT molecular complexity index is 534. The minimum Gasteiger partial charge on any atom is -0.339 e. The first-order valence-corrected chi connectivity index (χ1v) is 9.05. The van der Waals surface area contributed by atoms with Gasteiger partial charge in [0.15, 0.2) is 0 Å². The van der Waals surface area contributed by atoms with E-state index in [0.717, 1.165) is 21.5 Å². The predicted molar refractivity (Wildman–Crippen MR) is 86.2 cm³/mol. The lowest BCUT2D eigenvalue weighted by Gasteiger charge is -2.38. The van der Waals surface area contributed by atoms with Gasteiger partial charge >= 0.3 is 0 Å². The minimum absolute atomic E-state index is 0.167. The fourth-order valence-corrected chi connectivity index (χ4v) is 4.27. The van der Waals surface area contributed by atoms with Crippen molar-refractivity contribution in [3.63, 3.8) is 0 Å². The number of halogens is 1. The summed E-state index contributed by atoms with van der Waals surface area (Å²) in [7, 11) is 0. The van der Waals surface area contributed by atoms with Crippen LogP contribution in [0.1, 0.15) is 24.1 Å². The third-order valence-corrected chi connectivity index (χ3v) is 5.98. The van der Waals surface area contributed by atoms with Crippen molar-refractivity contribution in [1.29, 1.82) is 0 Å². The summed E-state index contributed by atoms with van der Waals surface area (Å²) < 4.78 is 1.06. The second-order valence-electron chi connectivity index (χ2n) is 5.72. The fraction of sp³-hybridized carbons (Fsp3) is 0.600. The summed E-state index contributed by atoms with van der Waals surface area (Å²) in [6, 6.07) is 3.96. The zero-order valence-electron chi connectivity index (χ0n) is 11.9. The summed E-state index contributed by atoms with van der Waals surface area (Å²) in [4.78, 5) is 29.3. The molecule has 2 amide bonds. The zero-order valence-corrected chi connectivity index (χ0v) is 14.3. The highest BCUT2D eigenvalue weighted by Crippen LogP contribution is 2.28. The lowest BCUT2D eigenvalue weighted by Crippen LogP contribution is -2.52. The second-order valence-corrected chi connectivity index (χ2v) is 8.26. The quantitative estimate of drug-likeness (QED) is 0.819. The number of amides is 2. The van der Waals surface area contributed by atoms with Gasteiger partial charge in [0.2, 0.25) is 11.8 Å². The number of carbonyl (C=O) groups is 2. The minimum atomic E-state index is 0.167. The normalized spacial score (nSPS) is 19.5. The van der Waals surface area contributed by atoms with Crippen LogP contribution in [-0.4, -0.2) is 47.8 Å². The topological polar surface area (TPSA) is 40.6 Å². The van der Waals surface area contributed by atoms with Crippen LogP contribution >= 0.6 is 27.3 Å². The molecule has 3 rings (SSSR count). The average molecular weight is 371 g/mol. The Labute approximate surface area is 137 Å². The number of hydrogen-bond donors (Lipinski definition) is 0. The van der Waals surface area contributed by atoms with E-state index in [1.807, 2.05) is 21.9 Å². The SMILES string of the molecule is O=C(Cc1ccc(Br)s1)N1CCN(C(=O)C2CCC2)CC1. The van der Waals surface area contributed by atoms with E-state index in [0.29, 0.717) is 38.5 Å². The van der Waals surface area contributed by atoms with Crippen LogP contribution in [0.3, 0.4) is 0 Å². The van der Waals surface area contributed by atoms with Crippen LogP contribution in [0.5, 0.6) is 0 Å². The molecular formula is C15H19BrN2O2S. The van der Waals surface area contributed by atoms with Crippen LogP contribution in [0.25, 0.3) is 0 Å². The van der Waals surface area contributed by atoms with Crippen molar-refractivity contribution in [3.05, 3.63) is 20.8 Å². The van der Waals surface area contributed by atoms with Crippen molar-refractivity contribution in [3.8, 4) is 0 Å². The molecule has 21 heavy (non-hydrogen) atoms. The summed E-state index contributed by atoms with van der Waals surface area (Å²) in [5.41, 5.74) is 0. The summed E-state index contributed by atoms with van der Waals surface area (Å²) >= 11 is 5.02. The van der Waals surface area contributed by atoms with Gasteiger partial charge in [-0.3, -0.25) is 9.59 Å². The third kappa shape index (κ3) is 3.48. The van der Waals surface area contributed by atoms with Crippen LogP contribution in [-0.2, 0) is 16.0 Å². The maximum Gasteiger partial charge on any atom is 0.227 e. The molecule has 1 saturated carbocycles. The van der Waals surface area contributed by atoms with Crippen LogP contribution < -0.4 is 0 Å². The zero-order chi connectivity index (χ0) is 14.8. The smallest absolute Gasteiger partial charge is 0.227 e. The highest BCUT2D eigenvalue weighted by atomic mass is 79.9. The fourth-order valence-electron chi connectivity index (χ4n) is 2.80. The van der Waals surface area contributed by atoms with E-state index in [2.05, 4.69) is 15.9 Å². The Morgan fingerprint density at radius 1 is 1.14 bits per heavy atom. The Morgan fingerprint density at radius 3 is 2.33 bits per heavy atom. The molecule has 1 saturated heterocycles. The summed E-state index contributed by atoms with van der Waals surface area (Å²) in [6.07, 6.45) is 3.74. The predicted octanol–water partition coefficient (Wildman–Crippen LogP) is 2.52. The largest absolute Gasteiger partial charge is 0.339 e. The summed E-state index contributed by atoms with van der Waals surface area (Å²) in [6.45, 7) is 2.72. The maximum absolute atomic E-state index is 12.3. The first kappa shape index (κ1) is 15.0. The van der Waals surface area contributed by atoms with Crippen molar-refractivity contribution in [1.82, 2.24) is 9.80 Å². The van der Waals surface area contributed by atoms with Gasteiger partial charge in [-0.15, -0.1) is 11.3 Å². The molecule has 1 aliphatic carbocycles. The Hall–Kier alpha value is -0.880. The Kier molecular flexibility index (Phi) is 4.64. The van der Waals surface area contributed by atoms with Crippen LogP contribution in [0.2, 0.25) is 0 Å². The van der Waals surface area contributed by atoms with E-state index in [-0.39, 0.29) is 11.8 Å². The molecule has 0 radical (unpaired) electrons. The summed E-state index contributed by atoms with van der Waals surface area (Å²) in [5, 5.41) is 0. The highest BCUT2D eigenvalue weighted by molar-refractivity contribution is 9.11. The van der Waals surface area contributed by atoms with E-state index in [1.54, 1.807) is 11.3 Å². The maximum atomic E-state index is 12.3. The Morgan fingerprint density at radius 2 is 1.81 bits per heavy atom. The highest BCUT2D eigenvalue weighted by Gasteiger charge is 2.31. The van der Waals surface area contributed by atoms with Gasteiger partial charge in [-0.2, -0.15) is 0 Å². The molecule has 0 spiro atoms. The second kappa shape index (κ2) is 6.48. The van der Waals surface area contributed by atoms with Gasteiger partial charge in [0, 0.05) is 37.0 Å². The number of thiophene rings is 1. The van der Waals surface area contributed by atoms with Gasteiger partial charge in [-0.1, -0.05) is 6.42 Å². The van der Waals surface area contributed by atoms with Crippen LogP contribution in [0.15, 0.2) is 15.9 Å². The standard InChI is InChI=1S/C15H19BrN2O2S/c16-13-5-4-12(21-13)10-14(19)17-6-8-18(9-7-17)15(20)11-2-1-3-11/h4-5,11H,1-3,6-10H2. The van der Waals surface area contributed by atoms with Crippen molar-refractivity contribution in [2.75, 3.05) is 26.2 Å². The Balaban J connectivity index is 1.48. The lowest BCUT2D eigenvalue weighted by molar-refractivity contribution is -0.143. The molecular weight excluding hydrogens is 352 g/mol. The third-order valence-electron chi connectivity index (χ3n) is 4.35. The molecule has 1 aromatic heterocycles. The van der Waals surface area contributed by atoms with Gasteiger partial charge in [-0.25, -0.2) is 0 Å². The van der Waals surface area contributed by atoms with E-state index < -0.39 is 0 Å². The first-order valence-electron chi connectivity index (χ1n) is 7.44. The number of hydrogen-bond acceptors (Lipinski definition) is 3. The van der Waals surface area contributed by atoms with Crippen LogP contribution in [0, 0.1) is 5.92 Å². The lowest BCUT2D eigenvalue weighted by atomic mass is 9.84. The molecule has 0 bridgehead atoms. The molecule has 1 aromatic rings. The first-order chi connectivity index (χ1) is 10.1. The molecule has 6 heteroatoms. The molecule has 2 aliphatic rings. The van der Waals surface area contributed by atoms with Crippen molar-refractivity contribution in [2.24, 2.45) is 5.92 Å². The van der Waals surface area contributed by atoms with Gasteiger partial charge in [0.25, 0.3) is 0 Å². The molecule has 114 valence electrons. The van der Waals surface area contributed by atoms with E-state index in [1.165, 1.54) is 6.42 Å². The molecule has 0 atom stereocenters. The molecule has 2 fully saturated rings. The van der Waals surface area contributed by atoms with E-state index >= 15 is 0 Å². The molecule has 4 nitrogen and oxygen atoms in total. The molecule has 2 heterocycles. The molecule has 0 unspecified atom stereocenters. The molecule has 0 aromatic carbocycles. The van der Waals surface area contributed by atoms with Crippen molar-refractivity contribution < 1.29 is 9.59 Å². The number of rotatable bonds is 3. The van der Waals surface area contributed by atoms with Gasteiger partial charge in [0.05, 0.1) is 10.2 Å². The molecule has 0 N–H and O–H groups in total. The average Bonchev–Trinajstić information content (AvgIpc) is 2.82. The van der Waals surface area contributed by atoms with E-state index in [9.17, 15) is 9.59 Å². The van der Waals surface area contributed by atoms with Crippen LogP contribution in [0.4, 0.5) is 0 Å². The monoisotopic (exact) mass is 370 g/mol. The number of nitrogens with zero attached hydrogens (tertiary/aromatic N) is 2. The van der Waals surface area contributed by atoms with Gasteiger partial charge < -0.3 is 9.80 Å². The van der Waals surface area contributed by atoms with Gasteiger partial charge in [-0.05, 0) is 40.9 Å². The number of piperazine rings is 1. The molecule has 1 aliphatic heterocycles. The summed E-state index contributed by atoms with van der Waals surface area (Å²) in [5.74, 6) is 0.728. The van der Waals surface area contributed by atoms with Crippen molar-refractivity contribution >= 4 is 39.1 Å². The van der Waals surface area contributed by atoms with E-state index in [4.69, 9.17) is 0 Å². The van der Waals surface area contributed by atoms with Crippen molar-refractivity contribution in [2.45, 2.75) is 25.7 Å². The number of carbonyl (C=O) groups excluding carboxylic acids is 2. The van der Waals surface area contributed by atoms with Gasteiger partial charge in [0.1, 0.15) is 0 Å².